The third kappa shape index (κ3) is 1.42. The van der Waals surface area contributed by atoms with Gasteiger partial charge < -0.3 is 0 Å². The van der Waals surface area contributed by atoms with Crippen molar-refractivity contribution in [1.29, 1.82) is 5.26 Å². The third-order valence-corrected chi connectivity index (χ3v) is 3.81. The van der Waals surface area contributed by atoms with Crippen molar-refractivity contribution in [3.05, 3.63) is 11.6 Å². The summed E-state index contributed by atoms with van der Waals surface area (Å²) in [7, 11) is 0. The molecule has 2 aliphatic carbocycles. The fraction of sp³-hybridized carbons (Fsp3) is 0.692. The number of Topliss-reactive ketones (excluding diaryl/α,β-unsaturated/α-hetero) is 1. The first-order valence-corrected chi connectivity index (χ1v) is 5.89. The molecular formula is C13H17NO. The van der Waals surface area contributed by atoms with Gasteiger partial charge in [-0.05, 0) is 25.7 Å². The van der Waals surface area contributed by atoms with Crippen molar-refractivity contribution in [2.75, 3.05) is 0 Å². The van der Waals surface area contributed by atoms with Gasteiger partial charge >= 0.3 is 0 Å². The zero-order valence-corrected chi connectivity index (χ0v) is 9.25. The van der Waals surface area contributed by atoms with Crippen LogP contribution in [0, 0.1) is 22.7 Å². The molecule has 1 fully saturated rings. The van der Waals surface area contributed by atoms with E-state index in [9.17, 15) is 10.1 Å². The Kier molecular flexibility index (Phi) is 2.65. The van der Waals surface area contributed by atoms with Gasteiger partial charge in [0.05, 0.1) is 17.4 Å². The third-order valence-electron chi connectivity index (χ3n) is 3.81. The van der Waals surface area contributed by atoms with E-state index >= 15 is 0 Å². The molecule has 2 heteroatoms. The van der Waals surface area contributed by atoms with Crippen LogP contribution in [0.4, 0.5) is 0 Å². The molecule has 0 radical (unpaired) electrons. The summed E-state index contributed by atoms with van der Waals surface area (Å²) >= 11 is 0. The highest BCUT2D eigenvalue weighted by atomic mass is 16.1. The zero-order chi connectivity index (χ0) is 10.9. The highest BCUT2D eigenvalue weighted by Gasteiger charge is 2.53. The Morgan fingerprint density at radius 2 is 2.47 bits per heavy atom. The second-order valence-corrected chi connectivity index (χ2v) is 4.68. The Hall–Kier alpha value is -1.10. The van der Waals surface area contributed by atoms with Crippen LogP contribution in [0.3, 0.4) is 0 Å². The number of allylic oxidation sites excluding steroid dienone is 2. The minimum atomic E-state index is -0.384. The number of carbonyl (C=O) groups is 1. The molecule has 1 saturated carbocycles. The number of carbonyl (C=O) groups excluding carboxylic acids is 1. The minimum absolute atomic E-state index is 0.0666. The molecule has 0 aromatic rings. The van der Waals surface area contributed by atoms with Crippen LogP contribution in [0.15, 0.2) is 11.6 Å². The van der Waals surface area contributed by atoms with Gasteiger partial charge in [-0.1, -0.05) is 25.0 Å². The van der Waals surface area contributed by atoms with E-state index in [0.717, 1.165) is 32.1 Å². The molecule has 2 rings (SSSR count). The first-order valence-electron chi connectivity index (χ1n) is 5.89. The van der Waals surface area contributed by atoms with Crippen molar-refractivity contribution < 1.29 is 4.79 Å². The van der Waals surface area contributed by atoms with Crippen molar-refractivity contribution in [3.8, 4) is 6.07 Å². The molecule has 2 unspecified atom stereocenters. The molecule has 80 valence electrons. The molecule has 2 nitrogen and oxygen atoms in total. The van der Waals surface area contributed by atoms with Crippen LogP contribution in [0.1, 0.15) is 45.4 Å². The van der Waals surface area contributed by atoms with Gasteiger partial charge in [0.2, 0.25) is 0 Å². The zero-order valence-electron chi connectivity index (χ0n) is 9.25. The Morgan fingerprint density at radius 3 is 3.13 bits per heavy atom. The Labute approximate surface area is 91.0 Å². The van der Waals surface area contributed by atoms with E-state index in [1.54, 1.807) is 0 Å². The molecule has 0 aromatic carbocycles. The molecule has 0 spiro atoms. The summed E-state index contributed by atoms with van der Waals surface area (Å²) in [5.41, 5.74) is 0.856. The molecule has 2 aliphatic rings. The Balaban J connectivity index is 2.18. The second-order valence-electron chi connectivity index (χ2n) is 4.68. The predicted octanol–water partition coefficient (Wildman–Crippen LogP) is 3.00. The lowest BCUT2D eigenvalue weighted by Gasteiger charge is -2.46. The molecule has 0 aliphatic heterocycles. The van der Waals surface area contributed by atoms with E-state index in [1.807, 2.05) is 0 Å². The van der Waals surface area contributed by atoms with Crippen molar-refractivity contribution in [3.63, 3.8) is 0 Å². The van der Waals surface area contributed by atoms with Gasteiger partial charge in [-0.2, -0.15) is 5.26 Å². The normalized spacial score (nSPS) is 33.7. The lowest BCUT2D eigenvalue weighted by molar-refractivity contribution is -0.127. The van der Waals surface area contributed by atoms with Gasteiger partial charge in [0.25, 0.3) is 0 Å². The first-order chi connectivity index (χ1) is 7.24. The van der Waals surface area contributed by atoms with Gasteiger partial charge in [0.15, 0.2) is 0 Å². The molecule has 15 heavy (non-hydrogen) atoms. The molecule has 0 N–H and O–H groups in total. The van der Waals surface area contributed by atoms with Gasteiger partial charge in [-0.25, -0.2) is 0 Å². The number of ketones is 1. The number of fused-ring (bicyclic) bond motifs is 1. The summed E-state index contributed by atoms with van der Waals surface area (Å²) in [4.78, 5) is 11.6. The smallest absolute Gasteiger partial charge is 0.141 e. The van der Waals surface area contributed by atoms with Crippen molar-refractivity contribution in [1.82, 2.24) is 0 Å². The van der Waals surface area contributed by atoms with Crippen LogP contribution >= 0.6 is 0 Å². The van der Waals surface area contributed by atoms with Gasteiger partial charge in [0, 0.05) is 6.42 Å². The van der Waals surface area contributed by atoms with Crippen LogP contribution < -0.4 is 0 Å². The maximum Gasteiger partial charge on any atom is 0.141 e. The van der Waals surface area contributed by atoms with Gasteiger partial charge in [0.1, 0.15) is 5.78 Å². The number of hydrogen-bond donors (Lipinski definition) is 0. The fourth-order valence-corrected chi connectivity index (χ4v) is 2.85. The lowest BCUT2D eigenvalue weighted by Crippen LogP contribution is -2.45. The monoisotopic (exact) mass is 203 g/mol. The van der Waals surface area contributed by atoms with E-state index < -0.39 is 0 Å². The summed E-state index contributed by atoms with van der Waals surface area (Å²) in [5.74, 6) is 0.214. The van der Waals surface area contributed by atoms with E-state index in [-0.39, 0.29) is 17.1 Å². The summed E-state index contributed by atoms with van der Waals surface area (Å²) in [5, 5.41) is 9.32. The average molecular weight is 203 g/mol. The van der Waals surface area contributed by atoms with E-state index in [2.05, 4.69) is 19.1 Å². The van der Waals surface area contributed by atoms with Crippen LogP contribution in [0.5, 0.6) is 0 Å². The second kappa shape index (κ2) is 3.81. The summed E-state index contributed by atoms with van der Waals surface area (Å²) in [6.07, 6.45) is 7.81. The SMILES string of the molecule is CCCCC1=CC2C(=O)CCCC12C#N. The van der Waals surface area contributed by atoms with Gasteiger partial charge in [-0.15, -0.1) is 0 Å². The maximum atomic E-state index is 11.6. The van der Waals surface area contributed by atoms with Crippen LogP contribution in [0.25, 0.3) is 0 Å². The number of hydrogen-bond acceptors (Lipinski definition) is 2. The predicted molar refractivity (Wildman–Crippen MR) is 58.0 cm³/mol. The molecule has 2 atom stereocenters. The number of rotatable bonds is 3. The summed E-state index contributed by atoms with van der Waals surface area (Å²) in [6, 6.07) is 2.42. The highest BCUT2D eigenvalue weighted by molar-refractivity contribution is 5.88. The van der Waals surface area contributed by atoms with Gasteiger partial charge in [-0.3, -0.25) is 4.79 Å². The molecule has 0 aromatic heterocycles. The first kappa shape index (κ1) is 10.4. The van der Waals surface area contributed by atoms with Crippen LogP contribution in [-0.4, -0.2) is 5.78 Å². The quantitative estimate of drug-likeness (QED) is 0.661. The van der Waals surface area contributed by atoms with E-state index in [1.165, 1.54) is 5.57 Å². The molecule has 0 bridgehead atoms. The van der Waals surface area contributed by atoms with Crippen molar-refractivity contribution in [2.24, 2.45) is 11.3 Å². The van der Waals surface area contributed by atoms with E-state index in [0.29, 0.717) is 6.42 Å². The highest BCUT2D eigenvalue weighted by Crippen LogP contribution is 2.54. The standard InChI is InChI=1S/C13H17NO/c1-2-3-5-10-8-11-12(15)6-4-7-13(10,11)9-14/h8,11H,2-7H2,1H3. The Morgan fingerprint density at radius 1 is 1.67 bits per heavy atom. The maximum absolute atomic E-state index is 11.6. The topological polar surface area (TPSA) is 40.9 Å². The fourth-order valence-electron chi connectivity index (χ4n) is 2.85. The number of nitrogens with zero attached hydrogens (tertiary/aromatic N) is 1. The molecule has 0 amide bonds. The lowest BCUT2D eigenvalue weighted by atomic mass is 9.54. The largest absolute Gasteiger partial charge is 0.299 e. The summed E-state index contributed by atoms with van der Waals surface area (Å²) in [6.45, 7) is 2.15. The number of unbranched alkanes of at least 4 members (excludes halogenated alkanes) is 1. The minimum Gasteiger partial charge on any atom is -0.299 e. The molecule has 0 heterocycles. The molecular weight excluding hydrogens is 186 g/mol. The van der Waals surface area contributed by atoms with Crippen LogP contribution in [-0.2, 0) is 4.79 Å². The number of nitriles is 1. The van der Waals surface area contributed by atoms with E-state index in [4.69, 9.17) is 0 Å². The average Bonchev–Trinajstić information content (AvgIpc) is 2.22. The van der Waals surface area contributed by atoms with Crippen molar-refractivity contribution in [2.45, 2.75) is 45.4 Å². The van der Waals surface area contributed by atoms with Crippen LogP contribution in [0.2, 0.25) is 0 Å². The summed E-state index contributed by atoms with van der Waals surface area (Å²) < 4.78 is 0. The molecule has 0 saturated heterocycles. The van der Waals surface area contributed by atoms with Crippen molar-refractivity contribution >= 4 is 5.78 Å². The Bertz CT molecular complexity index is 350.